The van der Waals surface area contributed by atoms with Gasteiger partial charge < -0.3 is 15.6 Å². The molecule has 5 heteroatoms. The van der Waals surface area contributed by atoms with E-state index in [1.165, 1.54) is 0 Å². The zero-order chi connectivity index (χ0) is 12.4. The molecule has 0 fully saturated rings. The predicted octanol–water partition coefficient (Wildman–Crippen LogP) is 0.253. The van der Waals surface area contributed by atoms with Gasteiger partial charge in [-0.15, -0.1) is 0 Å². The molecule has 0 amide bonds. The Hall–Kier alpha value is -1.59. The summed E-state index contributed by atoms with van der Waals surface area (Å²) in [6.07, 6.45) is 0.453. The van der Waals surface area contributed by atoms with Gasteiger partial charge in [0.25, 0.3) is 0 Å². The van der Waals surface area contributed by atoms with Gasteiger partial charge in [0.2, 0.25) is 0 Å². The molecule has 0 bridgehead atoms. The first kappa shape index (κ1) is 11.9. The molecule has 1 aromatic carbocycles. The highest BCUT2D eigenvalue weighted by Crippen LogP contribution is 2.29. The summed E-state index contributed by atoms with van der Waals surface area (Å²) in [5, 5.41) is 12.0. The second-order valence-electron chi connectivity index (χ2n) is 4.06. The average Bonchev–Trinajstić information content (AvgIpc) is 2.36. The Bertz CT molecular complexity index is 446. The summed E-state index contributed by atoms with van der Waals surface area (Å²) in [4.78, 5) is 11.0. The Morgan fingerprint density at radius 3 is 2.94 bits per heavy atom. The molecule has 4 N–H and O–H groups in total. The number of carboxylic acids is 1. The highest BCUT2D eigenvalue weighted by atomic mass is 16.5. The summed E-state index contributed by atoms with van der Waals surface area (Å²) in [5.74, 6) is -0.0463. The van der Waals surface area contributed by atoms with E-state index in [0.717, 1.165) is 22.4 Å². The zero-order valence-electron chi connectivity index (χ0n) is 9.69. The molecule has 0 saturated carbocycles. The minimum atomic E-state index is -0.832. The van der Waals surface area contributed by atoms with Gasteiger partial charge in [0.15, 0.2) is 0 Å². The van der Waals surface area contributed by atoms with Gasteiger partial charge in [0, 0.05) is 18.7 Å². The van der Waals surface area contributed by atoms with Crippen molar-refractivity contribution in [2.24, 2.45) is 5.73 Å². The van der Waals surface area contributed by atoms with Crippen molar-refractivity contribution >= 4 is 5.97 Å². The van der Waals surface area contributed by atoms with Gasteiger partial charge in [0.1, 0.15) is 11.8 Å². The Labute approximate surface area is 99.6 Å². The van der Waals surface area contributed by atoms with Crippen molar-refractivity contribution in [1.29, 1.82) is 0 Å². The number of ether oxygens (including phenoxy) is 1. The molecule has 5 nitrogen and oxygen atoms in total. The van der Waals surface area contributed by atoms with Crippen LogP contribution in [0.1, 0.15) is 16.7 Å². The van der Waals surface area contributed by atoms with Crippen molar-refractivity contribution in [3.05, 3.63) is 28.8 Å². The molecule has 0 spiro atoms. The van der Waals surface area contributed by atoms with Crippen LogP contribution in [-0.4, -0.2) is 24.2 Å². The van der Waals surface area contributed by atoms with Gasteiger partial charge >= 0.3 is 5.97 Å². The number of carbonyl (C=O) groups is 1. The molecule has 1 aliphatic rings. The third-order valence-electron chi connectivity index (χ3n) is 3.16. The fourth-order valence-electron chi connectivity index (χ4n) is 2.23. The van der Waals surface area contributed by atoms with E-state index in [9.17, 15) is 4.79 Å². The van der Waals surface area contributed by atoms with Crippen LogP contribution in [0, 0.1) is 0 Å². The Balaban J connectivity index is 2.43. The van der Waals surface area contributed by atoms with Gasteiger partial charge in [0.05, 0.1) is 7.11 Å². The van der Waals surface area contributed by atoms with E-state index in [2.05, 4.69) is 5.32 Å². The number of nitrogens with one attached hydrogen (secondary N) is 1. The number of carboxylic acid groups (broad SMARTS) is 1. The van der Waals surface area contributed by atoms with Crippen molar-refractivity contribution < 1.29 is 14.6 Å². The maximum Gasteiger partial charge on any atom is 0.321 e. The van der Waals surface area contributed by atoms with E-state index in [0.29, 0.717) is 19.5 Å². The lowest BCUT2D eigenvalue weighted by Gasteiger charge is -2.26. The normalized spacial score (nSPS) is 18.6. The number of nitrogens with two attached hydrogens (primary N) is 1. The highest BCUT2D eigenvalue weighted by molar-refractivity contribution is 5.74. The fourth-order valence-corrected chi connectivity index (χ4v) is 2.23. The molecule has 17 heavy (non-hydrogen) atoms. The molecule has 1 heterocycles. The van der Waals surface area contributed by atoms with Crippen LogP contribution in [0.5, 0.6) is 5.75 Å². The molecule has 1 aromatic rings. The first-order valence-electron chi connectivity index (χ1n) is 5.51. The summed E-state index contributed by atoms with van der Waals surface area (Å²) >= 11 is 0. The molecule has 0 saturated heterocycles. The van der Waals surface area contributed by atoms with Gasteiger partial charge in [-0.05, 0) is 23.6 Å². The van der Waals surface area contributed by atoms with Crippen LogP contribution >= 0.6 is 0 Å². The largest absolute Gasteiger partial charge is 0.496 e. The Kier molecular flexibility index (Phi) is 3.31. The third kappa shape index (κ3) is 2.11. The number of aliphatic carboxylic acids is 1. The first-order chi connectivity index (χ1) is 8.17. The lowest BCUT2D eigenvalue weighted by molar-refractivity contribution is -0.139. The van der Waals surface area contributed by atoms with Gasteiger partial charge in [-0.3, -0.25) is 10.1 Å². The van der Waals surface area contributed by atoms with E-state index in [1.807, 2.05) is 12.1 Å². The summed E-state index contributed by atoms with van der Waals surface area (Å²) in [6.45, 7) is 0.919. The summed E-state index contributed by atoms with van der Waals surface area (Å²) in [7, 11) is 1.61. The fraction of sp³-hybridized carbons (Fsp3) is 0.417. The lowest BCUT2D eigenvalue weighted by atomic mass is 9.90. The first-order valence-corrected chi connectivity index (χ1v) is 5.51. The van der Waals surface area contributed by atoms with Crippen LogP contribution in [0.25, 0.3) is 0 Å². The maximum atomic E-state index is 11.0. The number of fused-ring (bicyclic) bond motifs is 1. The minimum absolute atomic E-state index is 0.415. The lowest BCUT2D eigenvalue weighted by Crippen LogP contribution is -2.42. The summed E-state index contributed by atoms with van der Waals surface area (Å²) in [5.41, 5.74) is 8.71. The highest BCUT2D eigenvalue weighted by Gasteiger charge is 2.27. The van der Waals surface area contributed by atoms with Crippen LogP contribution < -0.4 is 15.8 Å². The maximum absolute atomic E-state index is 11.0. The number of hydrogen-bond donors (Lipinski definition) is 3. The second-order valence-corrected chi connectivity index (χ2v) is 4.06. The van der Waals surface area contributed by atoms with Crippen LogP contribution in [0.2, 0.25) is 0 Å². The Morgan fingerprint density at radius 2 is 2.35 bits per heavy atom. The van der Waals surface area contributed by atoms with Crippen LogP contribution in [0.4, 0.5) is 0 Å². The van der Waals surface area contributed by atoms with E-state index in [-0.39, 0.29) is 0 Å². The van der Waals surface area contributed by atoms with Gasteiger partial charge in [-0.1, -0.05) is 6.07 Å². The van der Waals surface area contributed by atoms with E-state index >= 15 is 0 Å². The molecule has 1 atom stereocenters. The second kappa shape index (κ2) is 4.73. The van der Waals surface area contributed by atoms with Crippen molar-refractivity contribution in [2.45, 2.75) is 25.6 Å². The quantitative estimate of drug-likeness (QED) is 0.700. The molecule has 1 unspecified atom stereocenters. The summed E-state index contributed by atoms with van der Waals surface area (Å²) < 4.78 is 5.28. The van der Waals surface area contributed by atoms with E-state index < -0.39 is 12.0 Å². The molecule has 92 valence electrons. The Morgan fingerprint density at radius 1 is 1.59 bits per heavy atom. The standard InChI is InChI=1S/C12H16N2O3/c1-17-11-3-2-7(5-13)8-4-10(12(15)16)14-6-9(8)11/h2-3,10,14H,4-6,13H2,1H3,(H,15,16). The van der Waals surface area contributed by atoms with Crippen molar-refractivity contribution in [1.82, 2.24) is 5.32 Å². The SMILES string of the molecule is COc1ccc(CN)c2c1CNC(C(=O)O)C2. The minimum Gasteiger partial charge on any atom is -0.496 e. The van der Waals surface area contributed by atoms with E-state index in [4.69, 9.17) is 15.6 Å². The molecular formula is C12H16N2O3. The van der Waals surface area contributed by atoms with Crippen molar-refractivity contribution in [3.8, 4) is 5.75 Å². The third-order valence-corrected chi connectivity index (χ3v) is 3.16. The molecular weight excluding hydrogens is 220 g/mol. The molecule has 1 aliphatic heterocycles. The molecule has 0 aliphatic carbocycles. The predicted molar refractivity (Wildman–Crippen MR) is 62.9 cm³/mol. The monoisotopic (exact) mass is 236 g/mol. The zero-order valence-corrected chi connectivity index (χ0v) is 9.69. The van der Waals surface area contributed by atoms with Crippen molar-refractivity contribution in [3.63, 3.8) is 0 Å². The van der Waals surface area contributed by atoms with Crippen LogP contribution in [0.15, 0.2) is 12.1 Å². The van der Waals surface area contributed by atoms with Crippen LogP contribution in [-0.2, 0) is 24.3 Å². The number of benzene rings is 1. The molecule has 2 rings (SSSR count). The summed E-state index contributed by atoms with van der Waals surface area (Å²) in [6, 6.07) is 3.24. The van der Waals surface area contributed by atoms with Gasteiger partial charge in [-0.2, -0.15) is 0 Å². The molecule has 0 aromatic heterocycles. The number of methoxy groups -OCH3 is 1. The smallest absolute Gasteiger partial charge is 0.321 e. The number of hydrogen-bond acceptors (Lipinski definition) is 4. The van der Waals surface area contributed by atoms with Crippen molar-refractivity contribution in [2.75, 3.05) is 7.11 Å². The number of rotatable bonds is 3. The van der Waals surface area contributed by atoms with E-state index in [1.54, 1.807) is 7.11 Å². The topological polar surface area (TPSA) is 84.6 Å². The average molecular weight is 236 g/mol. The molecule has 0 radical (unpaired) electrons. The van der Waals surface area contributed by atoms with Gasteiger partial charge in [-0.25, -0.2) is 0 Å². The van der Waals surface area contributed by atoms with Crippen LogP contribution in [0.3, 0.4) is 0 Å².